The average molecular weight is 408 g/mol. The summed E-state index contributed by atoms with van der Waals surface area (Å²) < 4.78 is 17.0. The molecule has 2 atom stereocenters. The number of hydrogen-bond donors (Lipinski definition) is 1. The van der Waals surface area contributed by atoms with Gasteiger partial charge in [0.25, 0.3) is 0 Å². The molecule has 3 rings (SSSR count). The Morgan fingerprint density at radius 3 is 2.70 bits per heavy atom. The molecular formula is C24H28N2O4. The largest absolute Gasteiger partial charge is 0.491 e. The van der Waals surface area contributed by atoms with Crippen molar-refractivity contribution in [2.24, 2.45) is 0 Å². The number of carbonyl (C=O) groups is 1. The number of benzene rings is 2. The lowest BCUT2D eigenvalue weighted by Gasteiger charge is -2.21. The van der Waals surface area contributed by atoms with E-state index in [2.05, 4.69) is 18.3 Å². The summed E-state index contributed by atoms with van der Waals surface area (Å²) in [5, 5.41) is 12.2. The van der Waals surface area contributed by atoms with Crippen LogP contribution in [0.3, 0.4) is 0 Å². The summed E-state index contributed by atoms with van der Waals surface area (Å²) in [4.78, 5) is 12.8. The normalized spacial score (nSPS) is 16.5. The van der Waals surface area contributed by atoms with Crippen molar-refractivity contribution in [3.63, 3.8) is 0 Å². The number of hydrogen-bond acceptors (Lipinski definition) is 6. The first-order chi connectivity index (χ1) is 14.6. The number of anilines is 1. The van der Waals surface area contributed by atoms with Crippen LogP contribution in [0.5, 0.6) is 5.75 Å². The van der Waals surface area contributed by atoms with Gasteiger partial charge in [-0.1, -0.05) is 13.0 Å². The SMILES string of the molecule is CCOC(=O)C(Nc1ccc(C#N)cc1)c1cc(CC)cc(OCC2CCCO2)c1. The third-order valence-corrected chi connectivity index (χ3v) is 5.04. The summed E-state index contributed by atoms with van der Waals surface area (Å²) in [6, 6.07) is 14.3. The molecule has 0 spiro atoms. The molecule has 0 aromatic heterocycles. The lowest BCUT2D eigenvalue weighted by molar-refractivity contribution is -0.144. The highest BCUT2D eigenvalue weighted by molar-refractivity contribution is 5.81. The van der Waals surface area contributed by atoms with Gasteiger partial charge in [-0.05, 0) is 73.7 Å². The predicted octanol–water partition coefficient (Wildman–Crippen LogP) is 4.39. The lowest BCUT2D eigenvalue weighted by atomic mass is 10.0. The fraction of sp³-hybridized carbons (Fsp3) is 0.417. The van der Waals surface area contributed by atoms with Crippen molar-refractivity contribution in [2.75, 3.05) is 25.1 Å². The number of ether oxygens (including phenoxy) is 3. The first kappa shape index (κ1) is 21.7. The topological polar surface area (TPSA) is 80.6 Å². The van der Waals surface area contributed by atoms with Gasteiger partial charge in [0.2, 0.25) is 0 Å². The number of carbonyl (C=O) groups excluding carboxylic acids is 1. The van der Waals surface area contributed by atoms with E-state index in [1.807, 2.05) is 18.2 Å². The van der Waals surface area contributed by atoms with Gasteiger partial charge in [0.1, 0.15) is 12.4 Å². The zero-order valence-electron chi connectivity index (χ0n) is 17.5. The van der Waals surface area contributed by atoms with Crippen LogP contribution in [0.4, 0.5) is 5.69 Å². The quantitative estimate of drug-likeness (QED) is 0.620. The van der Waals surface area contributed by atoms with Crippen molar-refractivity contribution in [3.8, 4) is 11.8 Å². The first-order valence-corrected chi connectivity index (χ1v) is 10.4. The lowest BCUT2D eigenvalue weighted by Crippen LogP contribution is -2.24. The van der Waals surface area contributed by atoms with E-state index in [9.17, 15) is 4.79 Å². The zero-order valence-corrected chi connectivity index (χ0v) is 17.5. The number of nitrogens with one attached hydrogen (secondary N) is 1. The van der Waals surface area contributed by atoms with Crippen LogP contribution in [0.15, 0.2) is 42.5 Å². The van der Waals surface area contributed by atoms with Crippen LogP contribution in [0.25, 0.3) is 0 Å². The second-order valence-electron chi connectivity index (χ2n) is 7.23. The highest BCUT2D eigenvalue weighted by atomic mass is 16.5. The summed E-state index contributed by atoms with van der Waals surface area (Å²) >= 11 is 0. The minimum atomic E-state index is -0.686. The van der Waals surface area contributed by atoms with Crippen molar-refractivity contribution < 1.29 is 19.0 Å². The number of rotatable bonds is 9. The van der Waals surface area contributed by atoms with Gasteiger partial charge in [-0.3, -0.25) is 0 Å². The molecule has 6 nitrogen and oxygen atoms in total. The van der Waals surface area contributed by atoms with E-state index in [-0.39, 0.29) is 12.1 Å². The van der Waals surface area contributed by atoms with Crippen LogP contribution in [0.1, 0.15) is 49.4 Å². The Balaban J connectivity index is 1.85. The molecule has 2 aromatic rings. The van der Waals surface area contributed by atoms with E-state index >= 15 is 0 Å². The summed E-state index contributed by atoms with van der Waals surface area (Å²) in [5.74, 6) is 0.357. The Labute approximate surface area is 177 Å². The summed E-state index contributed by atoms with van der Waals surface area (Å²) in [5.41, 5.74) is 3.15. The van der Waals surface area contributed by atoms with Crippen LogP contribution in [0, 0.1) is 11.3 Å². The summed E-state index contributed by atoms with van der Waals surface area (Å²) in [6.45, 7) is 5.43. The molecule has 1 N–H and O–H groups in total. The second-order valence-corrected chi connectivity index (χ2v) is 7.23. The van der Waals surface area contributed by atoms with E-state index in [0.717, 1.165) is 48.4 Å². The highest BCUT2D eigenvalue weighted by Crippen LogP contribution is 2.27. The van der Waals surface area contributed by atoms with E-state index in [1.165, 1.54) is 0 Å². The minimum absolute atomic E-state index is 0.122. The molecule has 0 radical (unpaired) electrons. The van der Waals surface area contributed by atoms with Gasteiger partial charge < -0.3 is 19.5 Å². The summed E-state index contributed by atoms with van der Waals surface area (Å²) in [6.07, 6.45) is 3.01. The number of nitriles is 1. The monoisotopic (exact) mass is 408 g/mol. The first-order valence-electron chi connectivity index (χ1n) is 10.4. The molecule has 2 aromatic carbocycles. The maximum Gasteiger partial charge on any atom is 0.333 e. The molecule has 2 unspecified atom stereocenters. The van der Waals surface area contributed by atoms with Crippen molar-refractivity contribution >= 4 is 11.7 Å². The molecule has 0 aliphatic carbocycles. The minimum Gasteiger partial charge on any atom is -0.491 e. The summed E-state index contributed by atoms with van der Waals surface area (Å²) in [7, 11) is 0. The maximum atomic E-state index is 12.8. The second kappa shape index (κ2) is 10.7. The molecule has 1 fully saturated rings. The van der Waals surface area contributed by atoms with Gasteiger partial charge in [0, 0.05) is 12.3 Å². The maximum absolute atomic E-state index is 12.8. The third-order valence-electron chi connectivity index (χ3n) is 5.04. The van der Waals surface area contributed by atoms with Gasteiger partial charge in [-0.15, -0.1) is 0 Å². The van der Waals surface area contributed by atoms with Gasteiger partial charge in [-0.2, -0.15) is 5.26 Å². The van der Waals surface area contributed by atoms with Crippen LogP contribution >= 0.6 is 0 Å². The van der Waals surface area contributed by atoms with E-state index < -0.39 is 6.04 Å². The Morgan fingerprint density at radius 2 is 2.07 bits per heavy atom. The molecule has 0 bridgehead atoms. The molecule has 1 heterocycles. The molecule has 0 saturated carbocycles. The van der Waals surface area contributed by atoms with Crippen molar-refractivity contribution in [1.82, 2.24) is 0 Å². The molecule has 0 amide bonds. The van der Waals surface area contributed by atoms with Crippen molar-refractivity contribution in [1.29, 1.82) is 5.26 Å². The van der Waals surface area contributed by atoms with Crippen molar-refractivity contribution in [3.05, 3.63) is 59.2 Å². The van der Waals surface area contributed by atoms with Crippen molar-refractivity contribution in [2.45, 2.75) is 45.3 Å². The Kier molecular flexibility index (Phi) is 7.69. The Hall–Kier alpha value is -3.04. The number of esters is 1. The fourth-order valence-corrected chi connectivity index (χ4v) is 3.42. The molecule has 6 heteroatoms. The third kappa shape index (κ3) is 5.74. The van der Waals surface area contributed by atoms with Crippen LogP contribution < -0.4 is 10.1 Å². The van der Waals surface area contributed by atoms with Crippen LogP contribution in [-0.4, -0.2) is 31.9 Å². The molecular weight excluding hydrogens is 380 g/mol. The van der Waals surface area contributed by atoms with Gasteiger partial charge in [-0.25, -0.2) is 4.79 Å². The molecule has 158 valence electrons. The molecule has 30 heavy (non-hydrogen) atoms. The molecule has 1 aliphatic rings. The van der Waals surface area contributed by atoms with Gasteiger partial charge >= 0.3 is 5.97 Å². The number of aryl methyl sites for hydroxylation is 1. The average Bonchev–Trinajstić information content (AvgIpc) is 3.30. The fourth-order valence-electron chi connectivity index (χ4n) is 3.42. The number of nitrogens with zero attached hydrogens (tertiary/aromatic N) is 1. The Bertz CT molecular complexity index is 883. The molecule has 1 aliphatic heterocycles. The van der Waals surface area contributed by atoms with Crippen LogP contribution in [0.2, 0.25) is 0 Å². The highest BCUT2D eigenvalue weighted by Gasteiger charge is 2.24. The van der Waals surface area contributed by atoms with Gasteiger partial charge in [0.05, 0.1) is 24.3 Å². The van der Waals surface area contributed by atoms with Crippen LogP contribution in [-0.2, 0) is 20.7 Å². The van der Waals surface area contributed by atoms with E-state index in [1.54, 1.807) is 31.2 Å². The zero-order chi connectivity index (χ0) is 21.3. The van der Waals surface area contributed by atoms with E-state index in [4.69, 9.17) is 19.5 Å². The van der Waals surface area contributed by atoms with E-state index in [0.29, 0.717) is 18.8 Å². The standard InChI is InChI=1S/C24H28N2O4/c1-3-17-12-19(14-22(13-17)30-16-21-6-5-11-29-21)23(24(27)28-4-2)26-20-9-7-18(15-25)8-10-20/h7-10,12-14,21,23,26H,3-6,11,16H2,1-2H3. The predicted molar refractivity (Wildman–Crippen MR) is 114 cm³/mol. The van der Waals surface area contributed by atoms with Gasteiger partial charge in [0.15, 0.2) is 6.04 Å². The Morgan fingerprint density at radius 1 is 1.27 bits per heavy atom. The smallest absolute Gasteiger partial charge is 0.333 e. The molecule has 1 saturated heterocycles.